The van der Waals surface area contributed by atoms with Gasteiger partial charge in [-0.3, -0.25) is 9.59 Å². The number of thiol groups is 1. The maximum absolute atomic E-state index is 13.7. The molecule has 2 atom stereocenters. The van der Waals surface area contributed by atoms with E-state index in [9.17, 15) is 14.4 Å². The number of hydrogen-bond donors (Lipinski definition) is 3. The number of amides is 3. The second-order valence-corrected chi connectivity index (χ2v) is 9.94. The van der Waals surface area contributed by atoms with E-state index in [0.717, 1.165) is 43.2 Å². The Kier molecular flexibility index (Phi) is 13.1. The summed E-state index contributed by atoms with van der Waals surface area (Å²) in [6, 6.07) is 5.91. The zero-order chi connectivity index (χ0) is 25.7. The zero-order valence-corrected chi connectivity index (χ0v) is 22.5. The van der Waals surface area contributed by atoms with Crippen LogP contribution in [0.15, 0.2) is 24.3 Å². The number of benzene rings is 1. The molecule has 0 saturated heterocycles. The van der Waals surface area contributed by atoms with Crippen molar-refractivity contribution in [1.29, 1.82) is 0 Å². The minimum atomic E-state index is -0.920. The fourth-order valence-corrected chi connectivity index (χ4v) is 3.68. The second-order valence-electron chi connectivity index (χ2n) is 9.58. The molecule has 0 aliphatic heterocycles. The molecule has 1 aromatic carbocycles. The third-order valence-electron chi connectivity index (χ3n) is 5.24. The van der Waals surface area contributed by atoms with Crippen LogP contribution in [0, 0.1) is 6.92 Å². The molecule has 0 saturated carbocycles. The van der Waals surface area contributed by atoms with Crippen LogP contribution in [0.2, 0.25) is 0 Å². The highest BCUT2D eigenvalue weighted by molar-refractivity contribution is 7.80. The summed E-state index contributed by atoms with van der Waals surface area (Å²) < 4.78 is 5.33. The average molecular weight is 494 g/mol. The van der Waals surface area contributed by atoms with Crippen molar-refractivity contribution in [1.82, 2.24) is 15.5 Å². The number of hydrogen-bond acceptors (Lipinski definition) is 5. The molecule has 0 aliphatic rings. The lowest BCUT2D eigenvalue weighted by Gasteiger charge is -2.34. The molecular weight excluding hydrogens is 450 g/mol. The fourth-order valence-electron chi connectivity index (χ4n) is 3.44. The summed E-state index contributed by atoms with van der Waals surface area (Å²) >= 11 is 4.31. The van der Waals surface area contributed by atoms with E-state index < -0.39 is 23.8 Å². The van der Waals surface area contributed by atoms with Gasteiger partial charge in [0.15, 0.2) is 0 Å². The van der Waals surface area contributed by atoms with E-state index in [2.05, 4.69) is 30.2 Å². The van der Waals surface area contributed by atoms with Crippen LogP contribution in [0.25, 0.3) is 0 Å². The normalized spacial score (nSPS) is 13.0. The average Bonchev–Trinajstić information content (AvgIpc) is 2.77. The molecule has 1 aromatic rings. The van der Waals surface area contributed by atoms with Gasteiger partial charge in [0.25, 0.3) is 0 Å². The minimum Gasteiger partial charge on any atom is -0.444 e. The van der Waals surface area contributed by atoms with Gasteiger partial charge in [0, 0.05) is 18.8 Å². The van der Waals surface area contributed by atoms with E-state index in [1.54, 1.807) is 25.7 Å². The number of ether oxygens (including phenoxy) is 1. The minimum absolute atomic E-state index is 0.0828. The monoisotopic (exact) mass is 493 g/mol. The van der Waals surface area contributed by atoms with Crippen LogP contribution in [0.5, 0.6) is 0 Å². The van der Waals surface area contributed by atoms with Crippen LogP contribution in [-0.4, -0.2) is 53.3 Å². The number of unbranched alkanes of at least 4 members (excludes halogenated alkanes) is 3. The van der Waals surface area contributed by atoms with Crippen molar-refractivity contribution in [2.24, 2.45) is 0 Å². The van der Waals surface area contributed by atoms with Crippen molar-refractivity contribution >= 4 is 30.5 Å². The molecule has 2 unspecified atom stereocenters. The molecule has 7 nitrogen and oxygen atoms in total. The largest absolute Gasteiger partial charge is 0.444 e. The maximum Gasteiger partial charge on any atom is 0.408 e. The topological polar surface area (TPSA) is 87.7 Å². The maximum atomic E-state index is 13.7. The van der Waals surface area contributed by atoms with Gasteiger partial charge in [0.1, 0.15) is 17.7 Å². The van der Waals surface area contributed by atoms with Gasteiger partial charge in [-0.25, -0.2) is 4.79 Å². The highest BCUT2D eigenvalue weighted by Crippen LogP contribution is 2.24. The van der Waals surface area contributed by atoms with E-state index in [1.165, 1.54) is 0 Å². The van der Waals surface area contributed by atoms with Gasteiger partial charge < -0.3 is 20.3 Å². The Hall–Kier alpha value is -2.22. The Bertz CT molecular complexity index is 777. The molecular formula is C26H43N3O4S. The summed E-state index contributed by atoms with van der Waals surface area (Å²) in [4.78, 5) is 41.0. The number of nitrogens with zero attached hydrogens (tertiary/aromatic N) is 1. The number of rotatable bonds is 13. The molecule has 0 heterocycles. The lowest BCUT2D eigenvalue weighted by atomic mass is 10.0. The first-order valence-corrected chi connectivity index (χ1v) is 12.9. The second kappa shape index (κ2) is 14.9. The first-order valence-electron chi connectivity index (χ1n) is 12.3. The third-order valence-corrected chi connectivity index (χ3v) is 5.61. The predicted octanol–water partition coefficient (Wildman–Crippen LogP) is 4.79. The van der Waals surface area contributed by atoms with Crippen LogP contribution in [-0.2, 0) is 14.3 Å². The van der Waals surface area contributed by atoms with Crippen LogP contribution in [0.3, 0.4) is 0 Å². The molecule has 0 fully saturated rings. The van der Waals surface area contributed by atoms with Gasteiger partial charge in [-0.15, -0.1) is 0 Å². The van der Waals surface area contributed by atoms with Gasteiger partial charge in [-0.05, 0) is 46.1 Å². The number of alkyl carbamates (subject to hydrolysis) is 1. The van der Waals surface area contributed by atoms with Crippen LogP contribution in [0.4, 0.5) is 4.79 Å². The number of nitrogens with one attached hydrogen (secondary N) is 2. The van der Waals surface area contributed by atoms with Gasteiger partial charge >= 0.3 is 6.09 Å². The predicted molar refractivity (Wildman–Crippen MR) is 140 cm³/mol. The molecule has 1 rings (SSSR count). The first-order chi connectivity index (χ1) is 16.0. The highest BCUT2D eigenvalue weighted by Gasteiger charge is 2.35. The Labute approximate surface area is 210 Å². The summed E-state index contributed by atoms with van der Waals surface area (Å²) in [5, 5.41) is 5.64. The van der Waals surface area contributed by atoms with Crippen molar-refractivity contribution in [3.63, 3.8) is 0 Å². The molecule has 8 heteroatoms. The molecule has 192 valence electrons. The highest BCUT2D eigenvalue weighted by atomic mass is 32.1. The SMILES string of the molecule is CCCCCNC(=O)C(c1ccc(C)cc1)N(CCCC)C(=O)C(CS)NC(=O)OC(C)(C)C. The lowest BCUT2D eigenvalue weighted by molar-refractivity contribution is -0.142. The first kappa shape index (κ1) is 29.8. The molecule has 2 N–H and O–H groups in total. The van der Waals surface area contributed by atoms with Crippen molar-refractivity contribution in [2.45, 2.75) is 91.3 Å². The summed E-state index contributed by atoms with van der Waals surface area (Å²) in [7, 11) is 0. The smallest absolute Gasteiger partial charge is 0.408 e. The molecule has 0 radical (unpaired) electrons. The lowest BCUT2D eigenvalue weighted by Crippen LogP contribution is -2.54. The Morgan fingerprint density at radius 3 is 2.18 bits per heavy atom. The zero-order valence-electron chi connectivity index (χ0n) is 21.6. The Morgan fingerprint density at radius 1 is 1.03 bits per heavy atom. The van der Waals surface area contributed by atoms with Crippen molar-refractivity contribution in [3.05, 3.63) is 35.4 Å². The number of aryl methyl sites for hydroxylation is 1. The Morgan fingerprint density at radius 2 is 1.65 bits per heavy atom. The van der Waals surface area contributed by atoms with Gasteiger partial charge in [0.05, 0.1) is 0 Å². The van der Waals surface area contributed by atoms with E-state index in [0.29, 0.717) is 13.1 Å². The molecule has 0 aromatic heterocycles. The molecule has 0 bridgehead atoms. The van der Waals surface area contributed by atoms with Crippen molar-refractivity contribution in [2.75, 3.05) is 18.8 Å². The van der Waals surface area contributed by atoms with E-state index in [-0.39, 0.29) is 17.6 Å². The summed E-state index contributed by atoms with van der Waals surface area (Å²) in [5.74, 6) is -0.498. The van der Waals surface area contributed by atoms with Crippen molar-refractivity contribution < 1.29 is 19.1 Å². The standard InChI is InChI=1S/C26H43N3O4S/c1-7-9-11-16-27-23(30)22(20-14-12-19(3)13-15-20)29(17-10-8-2)24(31)21(18-34)28-25(32)33-26(4,5)6/h12-15,21-22,34H,7-11,16-18H2,1-6H3,(H,27,30)(H,28,32). The van der Waals surface area contributed by atoms with Gasteiger partial charge in [-0.2, -0.15) is 12.6 Å². The van der Waals surface area contributed by atoms with Crippen LogP contribution >= 0.6 is 12.6 Å². The summed E-state index contributed by atoms with van der Waals surface area (Å²) in [6.45, 7) is 12.3. The number of carbonyl (C=O) groups is 3. The van der Waals surface area contributed by atoms with Crippen LogP contribution < -0.4 is 10.6 Å². The molecule has 3 amide bonds. The van der Waals surface area contributed by atoms with E-state index >= 15 is 0 Å². The fraction of sp³-hybridized carbons (Fsp3) is 0.654. The quantitative estimate of drug-likeness (QED) is 0.272. The van der Waals surface area contributed by atoms with Gasteiger partial charge in [0.2, 0.25) is 11.8 Å². The molecule has 34 heavy (non-hydrogen) atoms. The van der Waals surface area contributed by atoms with E-state index in [4.69, 9.17) is 4.74 Å². The summed E-state index contributed by atoms with van der Waals surface area (Å²) in [6.07, 6.45) is 3.85. The molecule has 0 aliphatic carbocycles. The number of carbonyl (C=O) groups excluding carboxylic acids is 3. The van der Waals surface area contributed by atoms with Crippen LogP contribution in [0.1, 0.15) is 83.9 Å². The Balaban J connectivity index is 3.26. The molecule has 0 spiro atoms. The third kappa shape index (κ3) is 10.4. The van der Waals surface area contributed by atoms with Gasteiger partial charge in [-0.1, -0.05) is 62.9 Å². The van der Waals surface area contributed by atoms with Crippen molar-refractivity contribution in [3.8, 4) is 0 Å². The van der Waals surface area contributed by atoms with E-state index in [1.807, 2.05) is 38.1 Å². The summed E-state index contributed by atoms with van der Waals surface area (Å²) in [5.41, 5.74) is 1.11.